The van der Waals surface area contributed by atoms with Crippen molar-refractivity contribution in [3.8, 4) is 11.5 Å². The number of benzene rings is 2. The van der Waals surface area contributed by atoms with E-state index in [1.807, 2.05) is 18.2 Å². The lowest BCUT2D eigenvalue weighted by Gasteiger charge is -2.07. The van der Waals surface area contributed by atoms with Crippen LogP contribution in [0.4, 0.5) is 5.69 Å². The van der Waals surface area contributed by atoms with Crippen LogP contribution in [0.2, 0.25) is 0 Å². The highest BCUT2D eigenvalue weighted by Crippen LogP contribution is 2.23. The summed E-state index contributed by atoms with van der Waals surface area (Å²) in [5.41, 5.74) is 2.28. The van der Waals surface area contributed by atoms with E-state index in [1.54, 1.807) is 54.2 Å². The smallest absolute Gasteiger partial charge is 0.275 e. The number of nitrogens with one attached hydrogen (secondary N) is 1. The Kier molecular flexibility index (Phi) is 5.40. The van der Waals surface area contributed by atoms with E-state index >= 15 is 0 Å². The van der Waals surface area contributed by atoms with E-state index in [0.29, 0.717) is 22.9 Å². The molecule has 5 nitrogen and oxygen atoms in total. The van der Waals surface area contributed by atoms with Crippen molar-refractivity contribution >= 4 is 22.9 Å². The van der Waals surface area contributed by atoms with Crippen molar-refractivity contribution < 1.29 is 9.53 Å². The maximum absolute atomic E-state index is 12.5. The van der Waals surface area contributed by atoms with Crippen LogP contribution in [0.3, 0.4) is 0 Å². The summed E-state index contributed by atoms with van der Waals surface area (Å²) >= 11 is 1.49. The largest absolute Gasteiger partial charge is 0.457 e. The van der Waals surface area contributed by atoms with Crippen LogP contribution in [0.15, 0.2) is 84.5 Å². The van der Waals surface area contributed by atoms with Gasteiger partial charge in [-0.3, -0.25) is 9.78 Å². The number of hydrogen-bond acceptors (Lipinski definition) is 5. The Bertz CT molecular complexity index is 1050. The van der Waals surface area contributed by atoms with Gasteiger partial charge in [0.2, 0.25) is 0 Å². The van der Waals surface area contributed by atoms with Crippen molar-refractivity contribution in [1.29, 1.82) is 0 Å². The van der Waals surface area contributed by atoms with Gasteiger partial charge in [0.05, 0.1) is 5.01 Å². The number of nitrogens with zero attached hydrogens (tertiary/aromatic N) is 2. The summed E-state index contributed by atoms with van der Waals surface area (Å²) in [6, 6.07) is 20.9. The minimum Gasteiger partial charge on any atom is -0.457 e. The highest BCUT2D eigenvalue weighted by atomic mass is 32.1. The maximum Gasteiger partial charge on any atom is 0.275 e. The Morgan fingerprint density at radius 1 is 0.929 bits per heavy atom. The lowest BCUT2D eigenvalue weighted by atomic mass is 10.2. The predicted molar refractivity (Wildman–Crippen MR) is 110 cm³/mol. The number of rotatable bonds is 6. The first-order chi connectivity index (χ1) is 13.8. The third-order valence-electron chi connectivity index (χ3n) is 3.98. The van der Waals surface area contributed by atoms with Crippen LogP contribution in [-0.4, -0.2) is 15.9 Å². The zero-order valence-electron chi connectivity index (χ0n) is 14.9. The fourth-order valence-electron chi connectivity index (χ4n) is 2.61. The Morgan fingerprint density at radius 3 is 2.39 bits per heavy atom. The van der Waals surface area contributed by atoms with Crippen molar-refractivity contribution in [2.45, 2.75) is 6.42 Å². The molecule has 4 rings (SSSR count). The van der Waals surface area contributed by atoms with Gasteiger partial charge in [-0.15, -0.1) is 11.3 Å². The van der Waals surface area contributed by atoms with E-state index in [9.17, 15) is 4.79 Å². The Hall–Kier alpha value is -3.51. The molecule has 0 aliphatic carbocycles. The molecule has 0 spiro atoms. The van der Waals surface area contributed by atoms with Gasteiger partial charge in [-0.2, -0.15) is 0 Å². The van der Waals surface area contributed by atoms with E-state index in [0.717, 1.165) is 11.4 Å². The zero-order chi connectivity index (χ0) is 19.2. The first kappa shape index (κ1) is 17.9. The van der Waals surface area contributed by atoms with Crippen molar-refractivity contribution in [2.24, 2.45) is 0 Å². The lowest BCUT2D eigenvalue weighted by molar-refractivity contribution is 0.102. The third-order valence-corrected chi connectivity index (χ3v) is 4.83. The molecule has 0 aliphatic heterocycles. The van der Waals surface area contributed by atoms with E-state index in [4.69, 9.17) is 4.74 Å². The summed E-state index contributed by atoms with van der Waals surface area (Å²) in [5, 5.41) is 5.57. The number of ether oxygens (including phenoxy) is 1. The van der Waals surface area contributed by atoms with Gasteiger partial charge in [-0.1, -0.05) is 30.3 Å². The molecule has 1 N–H and O–H groups in total. The van der Waals surface area contributed by atoms with Crippen LogP contribution in [0.1, 0.15) is 21.1 Å². The van der Waals surface area contributed by atoms with Gasteiger partial charge in [0.1, 0.15) is 17.2 Å². The van der Waals surface area contributed by atoms with Gasteiger partial charge in [0.15, 0.2) is 0 Å². The Labute approximate surface area is 166 Å². The molecule has 0 unspecified atom stereocenters. The second-order valence-corrected chi connectivity index (χ2v) is 6.99. The average molecular weight is 387 g/mol. The number of aromatic nitrogens is 2. The number of carbonyl (C=O) groups is 1. The zero-order valence-corrected chi connectivity index (χ0v) is 15.7. The molecule has 2 aromatic carbocycles. The maximum atomic E-state index is 12.5. The van der Waals surface area contributed by atoms with Gasteiger partial charge in [-0.05, 0) is 42.0 Å². The molecule has 0 aliphatic rings. The SMILES string of the molecule is O=C(Nc1ccc(Oc2ccncc2)cc1)c1csc(Cc2ccccc2)n1. The highest BCUT2D eigenvalue weighted by molar-refractivity contribution is 7.09. The molecule has 0 saturated carbocycles. The first-order valence-electron chi connectivity index (χ1n) is 8.74. The number of pyridine rings is 1. The average Bonchev–Trinajstić information content (AvgIpc) is 3.20. The van der Waals surface area contributed by atoms with Gasteiger partial charge >= 0.3 is 0 Å². The fourth-order valence-corrected chi connectivity index (χ4v) is 3.42. The molecular formula is C22H17N3O2S. The van der Waals surface area contributed by atoms with Crippen LogP contribution in [-0.2, 0) is 6.42 Å². The first-order valence-corrected chi connectivity index (χ1v) is 9.62. The third kappa shape index (κ3) is 4.61. The molecule has 28 heavy (non-hydrogen) atoms. The number of carbonyl (C=O) groups excluding carboxylic acids is 1. The lowest BCUT2D eigenvalue weighted by Crippen LogP contribution is -2.12. The highest BCUT2D eigenvalue weighted by Gasteiger charge is 2.11. The molecule has 0 atom stereocenters. The Morgan fingerprint density at radius 2 is 1.64 bits per heavy atom. The molecule has 0 saturated heterocycles. The van der Waals surface area contributed by atoms with E-state index in [-0.39, 0.29) is 5.91 Å². The molecule has 0 bridgehead atoms. The normalized spacial score (nSPS) is 10.4. The summed E-state index contributed by atoms with van der Waals surface area (Å²) in [5.74, 6) is 1.17. The van der Waals surface area contributed by atoms with Crippen LogP contribution < -0.4 is 10.1 Å². The molecule has 0 fully saturated rings. The summed E-state index contributed by atoms with van der Waals surface area (Å²) < 4.78 is 5.72. The molecular weight excluding hydrogens is 370 g/mol. The topological polar surface area (TPSA) is 64.1 Å². The number of thiazole rings is 1. The molecule has 0 radical (unpaired) electrons. The van der Waals surface area contributed by atoms with Crippen LogP contribution >= 0.6 is 11.3 Å². The molecule has 1 amide bonds. The fraction of sp³-hybridized carbons (Fsp3) is 0.0455. The van der Waals surface area contributed by atoms with E-state index in [2.05, 4.69) is 27.4 Å². The van der Waals surface area contributed by atoms with E-state index in [1.165, 1.54) is 16.9 Å². The van der Waals surface area contributed by atoms with Crippen LogP contribution in [0.5, 0.6) is 11.5 Å². The van der Waals surface area contributed by atoms with E-state index < -0.39 is 0 Å². The Balaban J connectivity index is 1.37. The van der Waals surface area contributed by atoms with Crippen molar-refractivity contribution in [1.82, 2.24) is 9.97 Å². The number of hydrogen-bond donors (Lipinski definition) is 1. The predicted octanol–water partition coefficient (Wildman–Crippen LogP) is 5.17. The summed E-state index contributed by atoms with van der Waals surface area (Å²) in [7, 11) is 0. The van der Waals surface area contributed by atoms with Crippen LogP contribution in [0, 0.1) is 0 Å². The van der Waals surface area contributed by atoms with Gasteiger partial charge in [-0.25, -0.2) is 4.98 Å². The summed E-state index contributed by atoms with van der Waals surface area (Å²) in [6.45, 7) is 0. The molecule has 4 aromatic rings. The number of amides is 1. The molecule has 6 heteroatoms. The minimum atomic E-state index is -0.224. The summed E-state index contributed by atoms with van der Waals surface area (Å²) in [4.78, 5) is 20.9. The number of anilines is 1. The van der Waals surface area contributed by atoms with Crippen molar-refractivity contribution in [3.63, 3.8) is 0 Å². The monoisotopic (exact) mass is 387 g/mol. The van der Waals surface area contributed by atoms with Gasteiger partial charge in [0, 0.05) is 29.9 Å². The second kappa shape index (κ2) is 8.45. The standard InChI is InChI=1S/C22H17N3O2S/c26-22(20-15-28-21(25-20)14-16-4-2-1-3-5-16)24-17-6-8-18(9-7-17)27-19-10-12-23-13-11-19/h1-13,15H,14H2,(H,24,26). The molecule has 2 heterocycles. The summed E-state index contributed by atoms with van der Waals surface area (Å²) in [6.07, 6.45) is 4.06. The van der Waals surface area contributed by atoms with Gasteiger partial charge in [0.25, 0.3) is 5.91 Å². The van der Waals surface area contributed by atoms with Crippen LogP contribution in [0.25, 0.3) is 0 Å². The molecule has 138 valence electrons. The van der Waals surface area contributed by atoms with Crippen molar-refractivity contribution in [3.05, 3.63) is 101 Å². The van der Waals surface area contributed by atoms with Crippen molar-refractivity contribution in [2.75, 3.05) is 5.32 Å². The quantitative estimate of drug-likeness (QED) is 0.495. The van der Waals surface area contributed by atoms with Gasteiger partial charge < -0.3 is 10.1 Å². The molecule has 2 aromatic heterocycles. The second-order valence-electron chi connectivity index (χ2n) is 6.05. The minimum absolute atomic E-state index is 0.224.